The smallest absolute Gasteiger partial charge is 0.227 e. The van der Waals surface area contributed by atoms with Crippen molar-refractivity contribution in [1.29, 1.82) is 0 Å². The number of hydrogen-bond donors (Lipinski definition) is 0. The lowest BCUT2D eigenvalue weighted by Gasteiger charge is -2.15. The first-order valence-electron chi connectivity index (χ1n) is 32.3. The number of benzene rings is 13. The molecular weight excluding hydrogens is 1210 g/mol. The number of nitrogens with zero attached hydrogens (tertiary/aromatic N) is 8. The summed E-state index contributed by atoms with van der Waals surface area (Å²) in [5, 5.41) is 3.72. The molecule has 0 bridgehead atoms. The summed E-state index contributed by atoms with van der Waals surface area (Å²) in [6.45, 7) is 0. The van der Waals surface area contributed by atoms with Crippen LogP contribution in [0.2, 0.25) is 0 Å². The summed E-state index contributed by atoms with van der Waals surface area (Å²) in [4.78, 5) is 40.1. The summed E-state index contributed by atoms with van der Waals surface area (Å²) in [7, 11) is 0. The maximum atomic E-state index is 6.55. The number of rotatable bonds is 12. The molecule has 6 aromatic heterocycles. The van der Waals surface area contributed by atoms with Crippen LogP contribution in [0.15, 0.2) is 321 Å². The van der Waals surface area contributed by atoms with Crippen LogP contribution < -0.4 is 0 Å². The first-order valence-corrected chi connectivity index (χ1v) is 32.3. The van der Waals surface area contributed by atoms with Crippen LogP contribution in [0.25, 0.3) is 202 Å². The van der Waals surface area contributed by atoms with Crippen LogP contribution in [0, 0.1) is 0 Å². The first-order chi connectivity index (χ1) is 48.5. The summed E-state index contributed by atoms with van der Waals surface area (Å²) in [5.41, 5.74) is 21.3. The van der Waals surface area contributed by atoms with E-state index in [1.165, 1.54) is 0 Å². The molecule has 0 radical (unpaired) electrons. The molecule has 0 N–H and O–H groups in total. The number of fused-ring (bicyclic) bond motifs is 8. The summed E-state index contributed by atoms with van der Waals surface area (Å²) in [5.74, 6) is 4.47. The third-order valence-corrected chi connectivity index (χ3v) is 18.1. The van der Waals surface area contributed by atoms with E-state index in [1.54, 1.807) is 0 Å². The van der Waals surface area contributed by atoms with Gasteiger partial charge in [0.05, 0.1) is 0 Å². The van der Waals surface area contributed by atoms with Crippen LogP contribution in [-0.2, 0) is 0 Å². The highest BCUT2D eigenvalue weighted by Crippen LogP contribution is 2.42. The monoisotopic (exact) mass is 1260 g/mol. The van der Waals surface area contributed by atoms with Gasteiger partial charge in [-0.15, -0.1) is 0 Å². The van der Waals surface area contributed by atoms with Gasteiger partial charge in [0.15, 0.2) is 46.1 Å². The van der Waals surface area contributed by atoms with Crippen molar-refractivity contribution in [3.8, 4) is 136 Å². The van der Waals surface area contributed by atoms with Crippen molar-refractivity contribution in [2.24, 2.45) is 0 Å². The fraction of sp³-hybridized carbons (Fsp3) is 0. The van der Waals surface area contributed by atoms with Gasteiger partial charge in [-0.2, -0.15) is 0 Å². The van der Waals surface area contributed by atoms with E-state index in [0.717, 1.165) is 127 Å². The highest BCUT2D eigenvalue weighted by molar-refractivity contribution is 6.11. The molecule has 0 spiro atoms. The average molecular weight is 1260 g/mol. The second-order valence-corrected chi connectivity index (χ2v) is 24.2. The van der Waals surface area contributed by atoms with Crippen molar-refractivity contribution in [2.45, 2.75) is 0 Å². The maximum absolute atomic E-state index is 6.55. The minimum absolute atomic E-state index is 0.520. The fourth-order valence-electron chi connectivity index (χ4n) is 13.2. The van der Waals surface area contributed by atoms with Crippen LogP contribution in [0.5, 0.6) is 0 Å². The van der Waals surface area contributed by atoms with Crippen LogP contribution in [0.4, 0.5) is 0 Å². The molecular formula is C86H50N8O4. The molecule has 19 aromatic rings. The van der Waals surface area contributed by atoms with Crippen molar-refractivity contribution >= 4 is 66.1 Å². The van der Waals surface area contributed by atoms with E-state index in [2.05, 4.69) is 133 Å². The SMILES string of the molecule is c1ccc(-c2ccc(-c3nc4cc5c(cc4o3)oc3ccc(-c4nc(-c6ccccc6)nc(-c6ccc(-c7ccccc7-c7ccccc7-c7ccc(-c8nc9cc%10c(cc9o8)oc8cc(-c9nc(-c%11ccccc%11)nc(-c%11ccccc%11)n9)ccc8%10)cc7)cc6)n4)cc35)cc2)cc1. The molecule has 12 heteroatoms. The van der Waals surface area contributed by atoms with Crippen molar-refractivity contribution in [2.75, 3.05) is 0 Å². The Morgan fingerprint density at radius 2 is 0.469 bits per heavy atom. The number of aromatic nitrogens is 8. The molecule has 0 aliphatic rings. The minimum Gasteiger partial charge on any atom is -0.456 e. The largest absolute Gasteiger partial charge is 0.456 e. The Kier molecular flexibility index (Phi) is 13.2. The van der Waals surface area contributed by atoms with E-state index in [0.29, 0.717) is 74.6 Å². The average Bonchev–Trinajstić information content (AvgIpc) is 1.60. The number of hydrogen-bond acceptors (Lipinski definition) is 12. The van der Waals surface area contributed by atoms with Crippen LogP contribution >= 0.6 is 0 Å². The van der Waals surface area contributed by atoms with Crippen molar-refractivity contribution in [3.05, 3.63) is 303 Å². The third-order valence-electron chi connectivity index (χ3n) is 18.1. The van der Waals surface area contributed by atoms with E-state index >= 15 is 0 Å². The van der Waals surface area contributed by atoms with Gasteiger partial charge >= 0.3 is 0 Å². The van der Waals surface area contributed by atoms with E-state index in [-0.39, 0.29) is 0 Å². The molecule has 0 amide bonds. The molecule has 0 saturated heterocycles. The van der Waals surface area contributed by atoms with Crippen molar-refractivity contribution in [1.82, 2.24) is 39.9 Å². The Morgan fingerprint density at radius 1 is 0.163 bits per heavy atom. The van der Waals surface area contributed by atoms with E-state index in [4.69, 9.17) is 57.5 Å². The van der Waals surface area contributed by atoms with Gasteiger partial charge in [-0.1, -0.05) is 224 Å². The maximum Gasteiger partial charge on any atom is 0.227 e. The molecule has 0 aliphatic heterocycles. The Bertz CT molecular complexity index is 6210. The van der Waals surface area contributed by atoms with Crippen LogP contribution in [-0.4, -0.2) is 39.9 Å². The molecule has 0 fully saturated rings. The zero-order chi connectivity index (χ0) is 64.6. The van der Waals surface area contributed by atoms with E-state index in [9.17, 15) is 0 Å². The van der Waals surface area contributed by atoms with Gasteiger partial charge < -0.3 is 17.7 Å². The second-order valence-electron chi connectivity index (χ2n) is 24.2. The fourth-order valence-corrected chi connectivity index (χ4v) is 13.2. The van der Waals surface area contributed by atoms with E-state index < -0.39 is 0 Å². The summed E-state index contributed by atoms with van der Waals surface area (Å²) < 4.78 is 25.8. The van der Waals surface area contributed by atoms with Gasteiger partial charge in [-0.25, -0.2) is 39.9 Å². The Labute approximate surface area is 559 Å². The molecule has 13 aromatic carbocycles. The van der Waals surface area contributed by atoms with Gasteiger partial charge in [0.2, 0.25) is 11.8 Å². The quantitative estimate of drug-likeness (QED) is 0.114. The Balaban J connectivity index is 0.597. The highest BCUT2D eigenvalue weighted by Gasteiger charge is 2.22. The molecule has 0 atom stereocenters. The summed E-state index contributed by atoms with van der Waals surface area (Å²) >= 11 is 0. The molecule has 98 heavy (non-hydrogen) atoms. The lowest BCUT2D eigenvalue weighted by Crippen LogP contribution is -2.00. The summed E-state index contributed by atoms with van der Waals surface area (Å²) in [6.07, 6.45) is 0. The zero-order valence-electron chi connectivity index (χ0n) is 52.1. The van der Waals surface area contributed by atoms with Crippen LogP contribution in [0.1, 0.15) is 0 Å². The van der Waals surface area contributed by atoms with Crippen molar-refractivity contribution in [3.63, 3.8) is 0 Å². The molecule has 19 rings (SSSR count). The highest BCUT2D eigenvalue weighted by atomic mass is 16.4. The lowest BCUT2D eigenvalue weighted by atomic mass is 9.89. The molecule has 458 valence electrons. The molecule has 0 saturated carbocycles. The number of furan rings is 2. The Morgan fingerprint density at radius 3 is 0.939 bits per heavy atom. The molecule has 12 nitrogen and oxygen atoms in total. The summed E-state index contributed by atoms with van der Waals surface area (Å²) in [6, 6.07) is 103. The van der Waals surface area contributed by atoms with Gasteiger partial charge in [-0.05, 0) is 111 Å². The number of oxazole rings is 2. The minimum atomic E-state index is 0.520. The molecule has 0 aliphatic carbocycles. The van der Waals surface area contributed by atoms with Crippen LogP contribution in [0.3, 0.4) is 0 Å². The second kappa shape index (κ2) is 23.2. The lowest BCUT2D eigenvalue weighted by molar-refractivity contribution is 0.617. The van der Waals surface area contributed by atoms with Crippen molar-refractivity contribution < 1.29 is 17.7 Å². The topological polar surface area (TPSA) is 156 Å². The van der Waals surface area contributed by atoms with Gasteiger partial charge in [0.1, 0.15) is 33.4 Å². The predicted molar refractivity (Wildman–Crippen MR) is 388 cm³/mol. The van der Waals surface area contributed by atoms with Gasteiger partial charge in [0, 0.05) is 78.2 Å². The molecule has 0 unspecified atom stereocenters. The first kappa shape index (κ1) is 56.0. The van der Waals surface area contributed by atoms with Gasteiger partial charge in [0.25, 0.3) is 0 Å². The van der Waals surface area contributed by atoms with E-state index in [1.807, 2.05) is 170 Å². The molecule has 6 heterocycles. The zero-order valence-corrected chi connectivity index (χ0v) is 52.1. The Hall–Kier alpha value is -13.6. The predicted octanol–water partition coefficient (Wildman–Crippen LogP) is 22.1. The normalized spacial score (nSPS) is 11.7. The standard InChI is InChI=1S/C86H50N8O4/c1-5-17-51(18-6-1)52-29-37-59(38-30-52)85-88-72-48-70-68-45-61(42-44-73(68)95-76(70)50-78(72)98-85)83-91-81(57-23-11-4-12-24-57)90-82(94-83)58-35-31-53(32-36-58)63-25-13-15-27-65(63)66-28-16-14-26-64(66)54-33-39-60(40-34-54)86-87-71-47-69-67-43-41-62(46-74(67)96-75(69)49-77(71)97-86)84-92-79(55-19-7-2-8-20-55)89-80(93-84)56-21-9-3-10-22-56/h1-50H. The van der Waals surface area contributed by atoms with Gasteiger partial charge in [-0.3, -0.25) is 0 Å². The third kappa shape index (κ3) is 10.1.